The molecule has 1 heterocycles. The van der Waals surface area contributed by atoms with E-state index in [1.54, 1.807) is 6.07 Å². The second-order valence-electron chi connectivity index (χ2n) is 8.76. The Morgan fingerprint density at radius 3 is 1.93 bits per heavy atom. The Labute approximate surface area is 202 Å². The fraction of sp³-hybridized carbons (Fsp3) is 0.375. The molecule has 0 aliphatic rings. The van der Waals surface area contributed by atoms with Crippen molar-refractivity contribution in [3.05, 3.63) is 78.0 Å². The molecule has 0 bridgehead atoms. The summed E-state index contributed by atoms with van der Waals surface area (Å²) >= 11 is 4.72. The number of hydrogen-bond donors (Lipinski definition) is 0. The van der Waals surface area contributed by atoms with Gasteiger partial charge in [0, 0.05) is 23.1 Å². The van der Waals surface area contributed by atoms with Crippen LogP contribution in [0, 0.1) is 17.7 Å². The van der Waals surface area contributed by atoms with E-state index in [9.17, 15) is 8.78 Å². The minimum atomic E-state index is -0.269. The summed E-state index contributed by atoms with van der Waals surface area (Å²) in [6.07, 6.45) is 0.937. The molecule has 6 heteroatoms. The van der Waals surface area contributed by atoms with Crippen molar-refractivity contribution in [3.63, 3.8) is 0 Å². The molecular weight excluding hydrogens is 605 g/mol. The fourth-order valence-corrected chi connectivity index (χ4v) is 6.71. The van der Waals surface area contributed by atoms with Gasteiger partial charge in [-0.1, -0.05) is 67.7 Å². The van der Waals surface area contributed by atoms with Crippen LogP contribution in [0.2, 0.25) is 0 Å². The van der Waals surface area contributed by atoms with Gasteiger partial charge in [0.2, 0.25) is 0 Å². The first kappa shape index (κ1) is 27.6. The summed E-state index contributed by atoms with van der Waals surface area (Å²) in [5, 5.41) is 1.37. The first-order chi connectivity index (χ1) is 14.0. The average molecular weight is 634 g/mol. The number of fused-ring (bicyclic) bond motifs is 1. The van der Waals surface area contributed by atoms with Crippen LogP contribution in [0.4, 0.5) is 8.78 Å². The number of rotatable bonds is 2. The van der Waals surface area contributed by atoms with Crippen LogP contribution in [0.25, 0.3) is 10.9 Å². The Balaban J connectivity index is 0.000000418. The van der Waals surface area contributed by atoms with Gasteiger partial charge in [-0.25, -0.2) is 13.8 Å². The van der Waals surface area contributed by atoms with Gasteiger partial charge < -0.3 is 0 Å². The third kappa shape index (κ3) is 8.95. The van der Waals surface area contributed by atoms with Crippen LogP contribution in [0.3, 0.4) is 0 Å². The standard InChI is InChI=1S/C18H25FNP.C6H4F.HI.Pd/c1-17(2,3)21(18(4,5)6)12-14-11-10-13-8-7-9-15(19)16(13)20-14;7-6-4-2-1-3-5-6;;/h7-11H,12H2,1-6H3;2-5H;1H;/q;-1;;+2/p-1. The molecule has 0 radical (unpaired) electrons. The fourth-order valence-electron chi connectivity index (χ4n) is 3.25. The molecule has 30 heavy (non-hydrogen) atoms. The quantitative estimate of drug-likeness (QED) is 0.119. The van der Waals surface area contributed by atoms with Crippen molar-refractivity contribution in [2.45, 2.75) is 58.0 Å². The number of nitrogens with zero attached hydrogens (tertiary/aromatic N) is 1. The van der Waals surface area contributed by atoms with Crippen molar-refractivity contribution in [2.24, 2.45) is 0 Å². The summed E-state index contributed by atoms with van der Waals surface area (Å²) in [4.78, 5) is 4.58. The maximum absolute atomic E-state index is 13.9. The van der Waals surface area contributed by atoms with Crippen molar-refractivity contribution < 1.29 is 24.4 Å². The van der Waals surface area contributed by atoms with Crippen molar-refractivity contribution in [3.8, 4) is 0 Å². The SMILES string of the molecule is CC(C)(C)P(Cc1ccc2cccc(F)c2n1)C(C)(C)C.Fc1cc[c-]cc1.[Pd+][I]. The van der Waals surface area contributed by atoms with E-state index in [2.05, 4.69) is 74.2 Å². The van der Waals surface area contributed by atoms with E-state index in [1.807, 2.05) is 31.6 Å². The van der Waals surface area contributed by atoms with Gasteiger partial charge in [0.15, 0.2) is 0 Å². The van der Waals surface area contributed by atoms with Crippen LogP contribution in [-0.2, 0) is 21.7 Å². The molecule has 0 aliphatic heterocycles. The molecule has 3 rings (SSSR count). The number of benzene rings is 2. The molecule has 0 unspecified atom stereocenters. The molecule has 0 aliphatic carbocycles. The summed E-state index contributed by atoms with van der Waals surface area (Å²) in [5.74, 6) is -0.441. The Morgan fingerprint density at radius 1 is 0.900 bits per heavy atom. The van der Waals surface area contributed by atoms with Gasteiger partial charge in [0.1, 0.15) is 11.3 Å². The zero-order chi connectivity index (χ0) is 22.9. The second kappa shape index (κ2) is 12.5. The molecule has 3 aromatic rings. The van der Waals surface area contributed by atoms with Gasteiger partial charge in [0.25, 0.3) is 0 Å². The van der Waals surface area contributed by atoms with Crippen molar-refractivity contribution in [2.75, 3.05) is 0 Å². The molecule has 166 valence electrons. The first-order valence-electron chi connectivity index (χ1n) is 9.54. The van der Waals surface area contributed by atoms with Crippen molar-refractivity contribution >= 4 is 38.3 Å². The van der Waals surface area contributed by atoms with E-state index in [1.165, 1.54) is 30.3 Å². The molecule has 0 fully saturated rings. The molecule has 0 saturated heterocycles. The molecule has 0 saturated carbocycles. The van der Waals surface area contributed by atoms with Gasteiger partial charge in [-0.15, -0.1) is 12.1 Å². The molecular formula is C24H29F2INPPd. The monoisotopic (exact) mass is 633 g/mol. The second-order valence-corrected chi connectivity index (χ2v) is 12.6. The van der Waals surface area contributed by atoms with E-state index >= 15 is 0 Å². The Kier molecular flexibility index (Phi) is 11.5. The van der Waals surface area contributed by atoms with Crippen molar-refractivity contribution in [1.29, 1.82) is 0 Å². The normalized spacial score (nSPS) is 11.5. The molecule has 0 N–H and O–H groups in total. The van der Waals surface area contributed by atoms with E-state index in [4.69, 9.17) is 0 Å². The summed E-state index contributed by atoms with van der Waals surface area (Å²) in [6.45, 7) is 13.8. The zero-order valence-corrected chi connectivity index (χ0v) is 22.9. The molecule has 1 aromatic heterocycles. The first-order valence-corrected chi connectivity index (χ1v) is 15.7. The zero-order valence-electron chi connectivity index (χ0n) is 18.2. The summed E-state index contributed by atoms with van der Waals surface area (Å²) in [5.41, 5.74) is 1.50. The van der Waals surface area contributed by atoms with Gasteiger partial charge >= 0.3 is 35.1 Å². The summed E-state index contributed by atoms with van der Waals surface area (Å²) in [7, 11) is -0.269. The summed E-state index contributed by atoms with van der Waals surface area (Å²) < 4.78 is 25.8. The van der Waals surface area contributed by atoms with Crippen LogP contribution in [-0.4, -0.2) is 15.3 Å². The molecule has 0 amide bonds. The third-order valence-electron chi connectivity index (χ3n) is 4.35. The van der Waals surface area contributed by atoms with Crippen LogP contribution in [0.5, 0.6) is 0 Å². The van der Waals surface area contributed by atoms with Gasteiger partial charge in [-0.2, -0.15) is 18.2 Å². The van der Waals surface area contributed by atoms with E-state index < -0.39 is 0 Å². The van der Waals surface area contributed by atoms with Gasteiger partial charge in [0.05, 0.1) is 0 Å². The Bertz CT molecular complexity index is 894. The van der Waals surface area contributed by atoms with Gasteiger partial charge in [-0.3, -0.25) is 0 Å². The molecule has 0 atom stereocenters. The number of pyridine rings is 1. The van der Waals surface area contributed by atoms with Gasteiger partial charge in [-0.05, 0) is 22.4 Å². The molecule has 2 aromatic carbocycles. The predicted octanol–water partition coefficient (Wildman–Crippen LogP) is 8.46. The Hall–Kier alpha value is -0.468. The number of hydrogen-bond acceptors (Lipinski definition) is 1. The molecule has 1 nitrogen and oxygen atoms in total. The molecule has 0 spiro atoms. The number of para-hydroxylation sites is 1. The average Bonchev–Trinajstić information content (AvgIpc) is 2.67. The predicted molar refractivity (Wildman–Crippen MR) is 131 cm³/mol. The van der Waals surface area contributed by atoms with E-state index in [-0.39, 0.29) is 29.9 Å². The van der Waals surface area contributed by atoms with E-state index in [0.29, 0.717) is 5.52 Å². The maximum atomic E-state index is 13.9. The Morgan fingerprint density at radius 2 is 1.47 bits per heavy atom. The van der Waals surface area contributed by atoms with Crippen LogP contribution in [0.15, 0.2) is 54.6 Å². The van der Waals surface area contributed by atoms with Crippen LogP contribution < -0.4 is 0 Å². The minimum absolute atomic E-state index is 0.209. The summed E-state index contributed by atoms with van der Waals surface area (Å²) in [6, 6.07) is 17.6. The third-order valence-corrected chi connectivity index (χ3v) is 8.23. The van der Waals surface area contributed by atoms with Crippen LogP contribution >= 0.6 is 27.4 Å². The van der Waals surface area contributed by atoms with Crippen molar-refractivity contribution in [1.82, 2.24) is 4.98 Å². The van der Waals surface area contributed by atoms with E-state index in [0.717, 1.165) is 17.2 Å². The number of aromatic nitrogens is 1. The number of halogens is 3. The van der Waals surface area contributed by atoms with Crippen LogP contribution in [0.1, 0.15) is 47.2 Å². The topological polar surface area (TPSA) is 12.9 Å².